The molecule has 0 spiro atoms. The number of methoxy groups -OCH3 is 4. The van der Waals surface area contributed by atoms with Crippen LogP contribution in [0.1, 0.15) is 17.0 Å². The molecule has 9 aromatic rings. The number of ether oxygens (including phenoxy) is 4. The Bertz CT molecular complexity index is 3110. The van der Waals surface area contributed by atoms with Gasteiger partial charge in [0, 0.05) is 54.8 Å². The van der Waals surface area contributed by atoms with E-state index in [1.54, 1.807) is 36.4 Å². The van der Waals surface area contributed by atoms with Crippen LogP contribution in [-0.4, -0.2) is 90.4 Å². The monoisotopic (exact) mass is 874 g/mol. The maximum atomic E-state index is 11.9. The molecule has 65 heavy (non-hydrogen) atoms. The van der Waals surface area contributed by atoms with E-state index in [4.69, 9.17) is 48.9 Å². The molecule has 0 saturated carbocycles. The first kappa shape index (κ1) is 41.9. The number of hydrogen-bond acceptors (Lipinski definition) is 11. The lowest BCUT2D eigenvalue weighted by Gasteiger charge is -2.17. The van der Waals surface area contributed by atoms with E-state index in [-0.39, 0.29) is 11.0 Å². The summed E-state index contributed by atoms with van der Waals surface area (Å²) in [5, 5.41) is 13.5. The van der Waals surface area contributed by atoms with Gasteiger partial charge in [0.05, 0.1) is 28.4 Å². The van der Waals surface area contributed by atoms with Gasteiger partial charge in [-0.3, -0.25) is 4.79 Å². The number of aromatic nitrogens is 8. The van der Waals surface area contributed by atoms with E-state index in [9.17, 15) is 9.90 Å². The largest absolute Gasteiger partial charge is 0.493 e. The molecule has 8 bridgehead atoms. The number of aliphatic carboxylic acids is 1. The second kappa shape index (κ2) is 17.4. The average molecular weight is 875 g/mol. The van der Waals surface area contributed by atoms with Gasteiger partial charge in [0.1, 0.15) is 28.5 Å². The minimum Gasteiger partial charge on any atom is -0.493 e. The Kier molecular flexibility index (Phi) is 11.2. The molecular weight excluding hydrogens is 837 g/mol. The Morgan fingerprint density at radius 3 is 1.00 bits per heavy atom. The number of fused-ring (bicyclic) bond motifs is 20. The molecule has 3 aromatic heterocycles. The van der Waals surface area contributed by atoms with Crippen LogP contribution >= 0.6 is 0 Å². The van der Waals surface area contributed by atoms with Crippen LogP contribution in [0.3, 0.4) is 0 Å². The average Bonchev–Trinajstić information content (AvgIpc) is 4.07. The van der Waals surface area contributed by atoms with Gasteiger partial charge >= 0.3 is 5.97 Å². The van der Waals surface area contributed by atoms with Crippen LogP contribution in [-0.2, 0) is 4.79 Å². The van der Waals surface area contributed by atoms with Crippen LogP contribution in [0.5, 0.6) is 23.0 Å². The molecule has 2 aliphatic heterocycles. The maximum Gasteiger partial charge on any atom is 0.315 e. The molecule has 318 valence electrons. The molecule has 3 N–H and O–H groups in total. The van der Waals surface area contributed by atoms with E-state index in [1.165, 1.54) is 28.4 Å². The van der Waals surface area contributed by atoms with Gasteiger partial charge in [0.15, 0.2) is 46.3 Å². The third-order valence-electron chi connectivity index (χ3n) is 11.2. The van der Waals surface area contributed by atoms with Gasteiger partial charge in [-0.25, -0.2) is 29.9 Å². The fourth-order valence-electron chi connectivity index (χ4n) is 8.13. The molecule has 11 rings (SSSR count). The Morgan fingerprint density at radius 1 is 0.431 bits per heavy atom. The highest BCUT2D eigenvalue weighted by Gasteiger charge is 2.26. The van der Waals surface area contributed by atoms with Crippen molar-refractivity contribution in [3.05, 3.63) is 145 Å². The predicted molar refractivity (Wildman–Crippen MR) is 250 cm³/mol. The summed E-state index contributed by atoms with van der Waals surface area (Å²) in [7, 11) is 6.07. The SMILES string of the molecule is COc1ccc(C(C(=O)O)c2ccc(OC)c(OC)c2)cc1OC.[Si].c1ccc2c(c1)-c1nc-2nc2[nH]c(nc3nc(nc4[nH]c(n1)c1ccccc41)-c1ccccc1-3)c1ccccc21. The topological polar surface area (TPSA) is 183 Å². The lowest BCUT2D eigenvalue weighted by Crippen LogP contribution is -2.13. The van der Waals surface area contributed by atoms with Crippen LogP contribution in [0.15, 0.2) is 133 Å². The second-order valence-corrected chi connectivity index (χ2v) is 14.8. The van der Waals surface area contributed by atoms with Crippen molar-refractivity contribution < 1.29 is 28.8 Å². The highest BCUT2D eigenvalue weighted by molar-refractivity contribution is 6.06. The highest BCUT2D eigenvalue weighted by Crippen LogP contribution is 2.39. The molecule has 0 aliphatic carbocycles. The normalized spacial score (nSPS) is 11.2. The summed E-state index contributed by atoms with van der Waals surface area (Å²) in [6, 6.07) is 42.3. The Morgan fingerprint density at radius 2 is 0.723 bits per heavy atom. The summed E-state index contributed by atoms with van der Waals surface area (Å²) in [5.41, 5.74) is 7.60. The Labute approximate surface area is 376 Å². The predicted octanol–water partition coefficient (Wildman–Crippen LogP) is 9.43. The molecule has 15 heteroatoms. The van der Waals surface area contributed by atoms with Crippen molar-refractivity contribution in [2.24, 2.45) is 0 Å². The van der Waals surface area contributed by atoms with Gasteiger partial charge in [-0.2, -0.15) is 0 Å². The zero-order chi connectivity index (χ0) is 43.9. The molecular formula is C50H38N8O6Si. The maximum absolute atomic E-state index is 11.9. The number of carboxylic acids is 1. The molecule has 5 heterocycles. The van der Waals surface area contributed by atoms with Gasteiger partial charge in [0.2, 0.25) is 0 Å². The third kappa shape index (κ3) is 7.52. The number of carbonyl (C=O) groups is 1. The van der Waals surface area contributed by atoms with Gasteiger partial charge in [-0.05, 0) is 35.4 Å². The summed E-state index contributed by atoms with van der Waals surface area (Å²) >= 11 is 0. The molecule has 0 fully saturated rings. The van der Waals surface area contributed by atoms with Crippen molar-refractivity contribution in [3.8, 4) is 68.5 Å². The van der Waals surface area contributed by atoms with Crippen molar-refractivity contribution in [1.29, 1.82) is 0 Å². The van der Waals surface area contributed by atoms with Crippen LogP contribution in [0, 0.1) is 0 Å². The first-order valence-electron chi connectivity index (χ1n) is 20.2. The first-order valence-corrected chi connectivity index (χ1v) is 20.2. The summed E-state index contributed by atoms with van der Waals surface area (Å²) in [5.74, 6) is 2.57. The van der Waals surface area contributed by atoms with Gasteiger partial charge in [0.25, 0.3) is 0 Å². The standard InChI is InChI=1S/C32H18N8.C18H20O6.Si/c1-2-10-18-17(9-1)25-33-26(18)38-28-21-13-5-6-14-22(21)30(35-28)40-32-24-16-8-7-15-23(24)31(36-32)39-29-20-12-4-3-11-19(20)27(34-29)37-25;1-21-13-7-5-11(9-15(13)23-3)17(18(19)20)12-6-8-14(22-2)16(10-12)24-4;/h1-16H,(H2,33,34,35,36,37,38,39,40);5-10,17H,1-4H3,(H,19,20);. The number of aromatic amines is 2. The van der Waals surface area contributed by atoms with E-state index in [0.717, 1.165) is 43.8 Å². The number of benzene rings is 6. The molecule has 4 radical (unpaired) electrons. The van der Waals surface area contributed by atoms with Crippen molar-refractivity contribution in [2.45, 2.75) is 5.92 Å². The third-order valence-corrected chi connectivity index (χ3v) is 11.2. The lowest BCUT2D eigenvalue weighted by atomic mass is 9.91. The van der Waals surface area contributed by atoms with Crippen LogP contribution < -0.4 is 18.9 Å². The second-order valence-electron chi connectivity index (χ2n) is 14.8. The van der Waals surface area contributed by atoms with Crippen molar-refractivity contribution in [2.75, 3.05) is 28.4 Å². The number of nitrogens with zero attached hydrogens (tertiary/aromatic N) is 6. The minimum absolute atomic E-state index is 0. The summed E-state index contributed by atoms with van der Waals surface area (Å²) in [4.78, 5) is 48.6. The van der Waals surface area contributed by atoms with Crippen molar-refractivity contribution >= 4 is 61.1 Å². The van der Waals surface area contributed by atoms with Crippen LogP contribution in [0.25, 0.3) is 89.7 Å². The van der Waals surface area contributed by atoms with Gasteiger partial charge in [-0.1, -0.05) is 109 Å². The summed E-state index contributed by atoms with van der Waals surface area (Å²) in [6.07, 6.45) is 0. The number of rotatable bonds is 7. The fourth-order valence-corrected chi connectivity index (χ4v) is 8.13. The number of H-pyrrole nitrogens is 2. The summed E-state index contributed by atoms with van der Waals surface area (Å²) < 4.78 is 20.9. The van der Waals surface area contributed by atoms with Crippen molar-refractivity contribution in [3.63, 3.8) is 0 Å². The van der Waals surface area contributed by atoms with E-state index >= 15 is 0 Å². The molecule has 0 amide bonds. The number of nitrogens with one attached hydrogen (secondary N) is 2. The van der Waals surface area contributed by atoms with E-state index < -0.39 is 11.9 Å². The molecule has 0 unspecified atom stereocenters. The molecule has 2 aliphatic rings. The lowest BCUT2D eigenvalue weighted by molar-refractivity contribution is -0.137. The smallest absolute Gasteiger partial charge is 0.315 e. The van der Waals surface area contributed by atoms with Gasteiger partial charge in [-0.15, -0.1) is 0 Å². The van der Waals surface area contributed by atoms with E-state index in [0.29, 0.717) is 80.0 Å². The molecule has 0 atom stereocenters. The Balaban J connectivity index is 0.000000185. The highest BCUT2D eigenvalue weighted by atomic mass is 28.1. The Hall–Kier alpha value is -8.43. The zero-order valence-corrected chi connectivity index (χ0v) is 36.5. The van der Waals surface area contributed by atoms with Crippen LogP contribution in [0.4, 0.5) is 0 Å². The first-order chi connectivity index (χ1) is 31.3. The van der Waals surface area contributed by atoms with E-state index in [1.807, 2.05) is 97.1 Å². The van der Waals surface area contributed by atoms with Crippen molar-refractivity contribution in [1.82, 2.24) is 39.9 Å². The van der Waals surface area contributed by atoms with Gasteiger partial charge < -0.3 is 34.0 Å². The minimum atomic E-state index is -0.977. The number of hydrogen-bond donors (Lipinski definition) is 3. The quantitative estimate of drug-likeness (QED) is 0.129. The molecule has 0 saturated heterocycles. The fraction of sp³-hybridized carbons (Fsp3) is 0.100. The summed E-state index contributed by atoms with van der Waals surface area (Å²) in [6.45, 7) is 0. The molecule has 14 nitrogen and oxygen atoms in total. The molecule has 6 aromatic carbocycles. The zero-order valence-electron chi connectivity index (χ0n) is 35.5. The van der Waals surface area contributed by atoms with Crippen LogP contribution in [0.2, 0.25) is 0 Å². The number of carboxylic acid groups (broad SMARTS) is 1. The van der Waals surface area contributed by atoms with E-state index in [2.05, 4.69) is 9.97 Å².